The molecule has 1 atom stereocenters. The second-order valence-corrected chi connectivity index (χ2v) is 7.23. The number of carbonyl (C=O) groups excluding carboxylic acids is 3. The Morgan fingerprint density at radius 1 is 1.06 bits per heavy atom. The molecule has 164 valence electrons. The molecule has 0 spiro atoms. The zero-order chi connectivity index (χ0) is 22.2. The smallest absolute Gasteiger partial charge is 0.321 e. The van der Waals surface area contributed by atoms with Crippen LogP contribution in [0.2, 0.25) is 0 Å². The number of urea groups is 1. The third kappa shape index (κ3) is 6.02. The number of halogens is 1. The fourth-order valence-electron chi connectivity index (χ4n) is 3.44. The van der Waals surface area contributed by atoms with Gasteiger partial charge >= 0.3 is 6.03 Å². The predicted octanol–water partition coefficient (Wildman–Crippen LogP) is 1.19. The first-order valence-corrected chi connectivity index (χ1v) is 10.1. The third-order valence-corrected chi connectivity index (χ3v) is 5.01. The molecule has 0 radical (unpaired) electrons. The van der Waals surface area contributed by atoms with Crippen LogP contribution in [0.1, 0.15) is 5.56 Å². The molecule has 1 heterocycles. The molecule has 1 saturated heterocycles. The van der Waals surface area contributed by atoms with Gasteiger partial charge in [0, 0.05) is 31.9 Å². The SMILES string of the molecule is NCCNC(=O)C1CN(C(=O)Nc2cccc(F)c2)CCN1C(=O)Cc1ccccc1. The molecular formula is C22H26FN5O3. The van der Waals surface area contributed by atoms with E-state index in [1.807, 2.05) is 30.3 Å². The highest BCUT2D eigenvalue weighted by atomic mass is 19.1. The van der Waals surface area contributed by atoms with Crippen molar-refractivity contribution in [1.82, 2.24) is 15.1 Å². The summed E-state index contributed by atoms with van der Waals surface area (Å²) in [6.45, 7) is 1.02. The van der Waals surface area contributed by atoms with Crippen LogP contribution in [0.15, 0.2) is 54.6 Å². The minimum atomic E-state index is -0.838. The number of anilines is 1. The van der Waals surface area contributed by atoms with Crippen LogP contribution in [0, 0.1) is 5.82 Å². The lowest BCUT2D eigenvalue weighted by molar-refractivity contribution is -0.142. The second kappa shape index (κ2) is 10.5. The number of carbonyl (C=O) groups is 3. The molecule has 8 nitrogen and oxygen atoms in total. The number of hydrogen-bond donors (Lipinski definition) is 3. The molecular weight excluding hydrogens is 401 g/mol. The van der Waals surface area contributed by atoms with Gasteiger partial charge in [-0.25, -0.2) is 9.18 Å². The van der Waals surface area contributed by atoms with E-state index >= 15 is 0 Å². The van der Waals surface area contributed by atoms with Crippen molar-refractivity contribution >= 4 is 23.5 Å². The van der Waals surface area contributed by atoms with E-state index in [-0.39, 0.29) is 51.0 Å². The van der Waals surface area contributed by atoms with Gasteiger partial charge in [-0.15, -0.1) is 0 Å². The Kier molecular flexibility index (Phi) is 7.55. The molecule has 0 bridgehead atoms. The Hall–Kier alpha value is -3.46. The number of piperazine rings is 1. The van der Waals surface area contributed by atoms with Crippen molar-refractivity contribution in [2.75, 3.05) is 38.0 Å². The number of nitrogens with zero attached hydrogens (tertiary/aromatic N) is 2. The molecule has 0 saturated carbocycles. The summed E-state index contributed by atoms with van der Waals surface area (Å²) < 4.78 is 13.4. The van der Waals surface area contributed by atoms with Crippen molar-refractivity contribution in [3.8, 4) is 0 Å². The topological polar surface area (TPSA) is 108 Å². The average molecular weight is 427 g/mol. The van der Waals surface area contributed by atoms with E-state index < -0.39 is 17.9 Å². The van der Waals surface area contributed by atoms with E-state index in [0.717, 1.165) is 5.56 Å². The van der Waals surface area contributed by atoms with Gasteiger partial charge in [-0.3, -0.25) is 9.59 Å². The standard InChI is InChI=1S/C22H26FN5O3/c23-17-7-4-8-18(14-17)26-22(31)27-11-12-28(19(15-27)21(30)25-10-9-24)20(29)13-16-5-2-1-3-6-16/h1-8,14,19H,9-13,15,24H2,(H,25,30)(H,26,31). The molecule has 0 aliphatic carbocycles. The number of nitrogens with one attached hydrogen (secondary N) is 2. The van der Waals surface area contributed by atoms with Crippen LogP contribution in [0.3, 0.4) is 0 Å². The lowest BCUT2D eigenvalue weighted by Crippen LogP contribution is -2.62. The van der Waals surface area contributed by atoms with Gasteiger partial charge < -0.3 is 26.2 Å². The molecule has 3 rings (SSSR count). The minimum Gasteiger partial charge on any atom is -0.353 e. The van der Waals surface area contributed by atoms with Crippen molar-refractivity contribution in [2.24, 2.45) is 5.73 Å². The summed E-state index contributed by atoms with van der Waals surface area (Å²) in [5.41, 5.74) is 6.64. The highest BCUT2D eigenvalue weighted by molar-refractivity contribution is 5.92. The highest BCUT2D eigenvalue weighted by Crippen LogP contribution is 2.16. The molecule has 2 aromatic carbocycles. The van der Waals surface area contributed by atoms with Crippen LogP contribution in [0.4, 0.5) is 14.9 Å². The first-order valence-electron chi connectivity index (χ1n) is 10.1. The quantitative estimate of drug-likeness (QED) is 0.644. The third-order valence-electron chi connectivity index (χ3n) is 5.01. The highest BCUT2D eigenvalue weighted by Gasteiger charge is 2.36. The van der Waals surface area contributed by atoms with Crippen molar-refractivity contribution in [3.05, 3.63) is 66.0 Å². The van der Waals surface area contributed by atoms with Crippen LogP contribution in [0.25, 0.3) is 0 Å². The molecule has 9 heteroatoms. The Morgan fingerprint density at radius 2 is 1.84 bits per heavy atom. The fraction of sp³-hybridized carbons (Fsp3) is 0.318. The van der Waals surface area contributed by atoms with Gasteiger partial charge in [-0.1, -0.05) is 36.4 Å². The molecule has 31 heavy (non-hydrogen) atoms. The monoisotopic (exact) mass is 427 g/mol. The molecule has 0 aromatic heterocycles. The van der Waals surface area contributed by atoms with E-state index in [4.69, 9.17) is 5.73 Å². The lowest BCUT2D eigenvalue weighted by Gasteiger charge is -2.40. The van der Waals surface area contributed by atoms with Gasteiger partial charge in [-0.2, -0.15) is 0 Å². The van der Waals surface area contributed by atoms with Crippen LogP contribution in [0.5, 0.6) is 0 Å². The summed E-state index contributed by atoms with van der Waals surface area (Å²) in [4.78, 5) is 41.3. The summed E-state index contributed by atoms with van der Waals surface area (Å²) >= 11 is 0. The first-order chi connectivity index (χ1) is 15.0. The van der Waals surface area contributed by atoms with E-state index in [0.29, 0.717) is 5.69 Å². The van der Waals surface area contributed by atoms with Crippen LogP contribution >= 0.6 is 0 Å². The van der Waals surface area contributed by atoms with E-state index in [1.165, 1.54) is 28.0 Å². The largest absolute Gasteiger partial charge is 0.353 e. The van der Waals surface area contributed by atoms with Gasteiger partial charge in [0.2, 0.25) is 11.8 Å². The van der Waals surface area contributed by atoms with E-state index in [2.05, 4.69) is 10.6 Å². The second-order valence-electron chi connectivity index (χ2n) is 7.23. The van der Waals surface area contributed by atoms with Crippen molar-refractivity contribution in [1.29, 1.82) is 0 Å². The summed E-state index contributed by atoms with van der Waals surface area (Å²) in [5.74, 6) is -1.02. The summed E-state index contributed by atoms with van der Waals surface area (Å²) in [6.07, 6.45) is 0.164. The molecule has 4 N–H and O–H groups in total. The van der Waals surface area contributed by atoms with Gasteiger partial charge in [0.15, 0.2) is 0 Å². The molecule has 2 aromatic rings. The number of hydrogen-bond acceptors (Lipinski definition) is 4. The number of benzene rings is 2. The maximum absolute atomic E-state index is 13.4. The first kappa shape index (κ1) is 22.2. The zero-order valence-corrected chi connectivity index (χ0v) is 17.1. The minimum absolute atomic E-state index is 0.0259. The van der Waals surface area contributed by atoms with Gasteiger partial charge in [0.1, 0.15) is 11.9 Å². The van der Waals surface area contributed by atoms with Gasteiger partial charge in [0.25, 0.3) is 0 Å². The number of rotatable bonds is 6. The normalized spacial score (nSPS) is 16.0. The van der Waals surface area contributed by atoms with Gasteiger partial charge in [0.05, 0.1) is 13.0 Å². The number of amides is 4. The Morgan fingerprint density at radius 3 is 2.55 bits per heavy atom. The van der Waals surface area contributed by atoms with Crippen LogP contribution in [-0.4, -0.2) is 66.4 Å². The van der Waals surface area contributed by atoms with E-state index in [1.54, 1.807) is 6.07 Å². The molecule has 4 amide bonds. The van der Waals surface area contributed by atoms with Crippen molar-refractivity contribution < 1.29 is 18.8 Å². The maximum atomic E-state index is 13.4. The number of nitrogens with two attached hydrogens (primary N) is 1. The van der Waals surface area contributed by atoms with Crippen LogP contribution in [-0.2, 0) is 16.0 Å². The van der Waals surface area contributed by atoms with E-state index in [9.17, 15) is 18.8 Å². The Balaban J connectivity index is 1.70. The maximum Gasteiger partial charge on any atom is 0.321 e. The molecule has 1 fully saturated rings. The summed E-state index contributed by atoms with van der Waals surface area (Å²) in [7, 11) is 0. The predicted molar refractivity (Wildman–Crippen MR) is 115 cm³/mol. The van der Waals surface area contributed by atoms with Crippen molar-refractivity contribution in [3.63, 3.8) is 0 Å². The lowest BCUT2D eigenvalue weighted by atomic mass is 10.1. The summed E-state index contributed by atoms with van der Waals surface area (Å²) in [6, 6.07) is 13.5. The molecule has 1 unspecified atom stereocenters. The Labute approximate surface area is 180 Å². The zero-order valence-electron chi connectivity index (χ0n) is 17.1. The average Bonchev–Trinajstić information content (AvgIpc) is 2.77. The molecule has 1 aliphatic heterocycles. The molecule has 1 aliphatic rings. The van der Waals surface area contributed by atoms with Crippen molar-refractivity contribution in [2.45, 2.75) is 12.5 Å². The fourth-order valence-corrected chi connectivity index (χ4v) is 3.44. The van der Waals surface area contributed by atoms with Gasteiger partial charge in [-0.05, 0) is 23.8 Å². The summed E-state index contributed by atoms with van der Waals surface area (Å²) in [5, 5.41) is 5.33. The Bertz CT molecular complexity index is 924. The van der Waals surface area contributed by atoms with Crippen LogP contribution < -0.4 is 16.4 Å².